The average molecular weight is 1830 g/mol. The van der Waals surface area contributed by atoms with Gasteiger partial charge in [-0.15, -0.1) is 0 Å². The van der Waals surface area contributed by atoms with E-state index in [0.717, 1.165) is 22.3 Å². The summed E-state index contributed by atoms with van der Waals surface area (Å²) in [5, 5.41) is 46.7. The highest BCUT2D eigenvalue weighted by Gasteiger charge is 2.47. The zero-order chi connectivity index (χ0) is 94.3. The van der Waals surface area contributed by atoms with Gasteiger partial charge >= 0.3 is 54.0 Å². The second-order valence-corrected chi connectivity index (χ2v) is 27.4. The molecule has 0 spiro atoms. The van der Waals surface area contributed by atoms with Crippen LogP contribution in [0.25, 0.3) is 22.3 Å². The highest BCUT2D eigenvalue weighted by molar-refractivity contribution is 5.90. The van der Waals surface area contributed by atoms with Crippen molar-refractivity contribution in [2.24, 2.45) is 5.73 Å². The Kier molecular flexibility index (Phi) is 38.3. The number of carboxylic acids is 4. The van der Waals surface area contributed by atoms with Crippen LogP contribution < -0.4 is 46.5 Å². The maximum Gasteiger partial charge on any atom is 0.408 e. The monoisotopic (exact) mass is 1830 g/mol. The van der Waals surface area contributed by atoms with E-state index in [1.54, 1.807) is 53.8 Å². The summed E-state index contributed by atoms with van der Waals surface area (Å²) in [7, 11) is 0. The van der Waals surface area contributed by atoms with E-state index < -0.39 is 245 Å². The Hall–Kier alpha value is -13.5. The minimum absolute atomic E-state index is 0.0115. The second-order valence-electron chi connectivity index (χ2n) is 27.4. The molecule has 7 aromatic rings. The molecule has 690 valence electrons. The molecule has 46 heteroatoms. The van der Waals surface area contributed by atoms with Crippen molar-refractivity contribution in [1.29, 1.82) is 0 Å². The van der Waals surface area contributed by atoms with E-state index in [1.807, 2.05) is 48.5 Å². The van der Waals surface area contributed by atoms with Gasteiger partial charge in [-0.3, -0.25) is 24.0 Å². The van der Waals surface area contributed by atoms with E-state index in [4.69, 9.17) is 49.8 Å². The van der Waals surface area contributed by atoms with Crippen LogP contribution in [0.4, 0.5) is 75.4 Å². The SMILES string of the molecule is NCCOCC(=O)O.O=C(CCC(CCC(=O)Oc1c(F)c(F)c(F)c(F)c1F)(NC(=O)OCC1c2ccccc2-c2ccccc21)C(=O)Oc1c(F)c(F)c(F)c(F)c1F)Oc1c(F)c(F)c(F)c(F)c1F.O=C(O)COCCNC(=O)CCC(CCC(=O)NCCOCC(=O)O)(CCC(=O)NCCOCC(=O)O)NC(=O)OCC1c2ccccc2-c2ccccc21. The smallest absolute Gasteiger partial charge is 0.408 e. The molecule has 9 rings (SSSR count). The van der Waals surface area contributed by atoms with Crippen LogP contribution in [-0.2, 0) is 76.4 Å². The molecule has 2 aliphatic carbocycles. The maximum atomic E-state index is 14.8. The van der Waals surface area contributed by atoms with Gasteiger partial charge in [0.1, 0.15) is 45.2 Å². The Morgan fingerprint density at radius 2 is 0.586 bits per heavy atom. The number of nitrogens with two attached hydrogens (primary N) is 1. The van der Waals surface area contributed by atoms with E-state index in [-0.39, 0.29) is 97.1 Å². The summed E-state index contributed by atoms with van der Waals surface area (Å²) < 4.78 is 256. The van der Waals surface area contributed by atoms with Crippen molar-refractivity contribution in [3.8, 4) is 39.5 Å². The Morgan fingerprint density at radius 3 is 0.867 bits per heavy atom. The van der Waals surface area contributed by atoms with Crippen LogP contribution in [0.1, 0.15) is 98.3 Å². The fourth-order valence-corrected chi connectivity index (χ4v) is 12.8. The summed E-state index contributed by atoms with van der Waals surface area (Å²) in [4.78, 5) is 148. The first-order chi connectivity index (χ1) is 60.8. The first-order valence-electron chi connectivity index (χ1n) is 37.9. The van der Waals surface area contributed by atoms with Crippen molar-refractivity contribution < 1.29 is 186 Å². The number of nitrogens with one attached hydrogen (secondary N) is 5. The predicted octanol–water partition coefficient (Wildman–Crippen LogP) is 10.0. The van der Waals surface area contributed by atoms with Crippen LogP contribution in [0.5, 0.6) is 17.2 Å². The summed E-state index contributed by atoms with van der Waals surface area (Å²) in [5.74, 6) is -61.1. The summed E-state index contributed by atoms with van der Waals surface area (Å²) in [6, 6.07) is 28.8. The van der Waals surface area contributed by atoms with Crippen LogP contribution in [0, 0.1) is 87.3 Å². The molecule has 0 radical (unpaired) electrons. The molecule has 5 amide bonds. The number of carboxylic acid groups (broad SMARTS) is 4. The molecular weight excluding hydrogens is 1750 g/mol. The molecule has 0 fully saturated rings. The lowest BCUT2D eigenvalue weighted by Crippen LogP contribution is -2.57. The van der Waals surface area contributed by atoms with Crippen LogP contribution in [0.3, 0.4) is 0 Å². The molecule has 0 saturated carbocycles. The third-order valence-electron chi connectivity index (χ3n) is 18.8. The van der Waals surface area contributed by atoms with Gasteiger partial charge in [-0.1, -0.05) is 97.1 Å². The van der Waals surface area contributed by atoms with Gasteiger partial charge in [0.05, 0.1) is 26.4 Å². The quantitative estimate of drug-likeness (QED) is 0.00424. The Morgan fingerprint density at radius 1 is 0.328 bits per heavy atom. The van der Waals surface area contributed by atoms with E-state index in [2.05, 4.69) is 40.2 Å². The van der Waals surface area contributed by atoms with Crippen LogP contribution in [-0.4, -0.2) is 195 Å². The molecule has 11 N–H and O–H groups in total. The lowest BCUT2D eigenvalue weighted by molar-refractivity contribution is -0.146. The number of carbonyl (C=O) groups excluding carboxylic acids is 8. The van der Waals surface area contributed by atoms with Crippen molar-refractivity contribution in [1.82, 2.24) is 26.6 Å². The molecule has 2 aliphatic rings. The number of aliphatic carboxylic acids is 4. The van der Waals surface area contributed by atoms with Gasteiger partial charge in [0, 0.05) is 75.7 Å². The second kappa shape index (κ2) is 48.3. The summed E-state index contributed by atoms with van der Waals surface area (Å²) in [6.45, 7) is -2.02. The molecule has 128 heavy (non-hydrogen) atoms. The average Bonchev–Trinajstić information content (AvgIpc) is 1.54. The zero-order valence-corrected chi connectivity index (χ0v) is 66.5. The van der Waals surface area contributed by atoms with Crippen molar-refractivity contribution in [3.05, 3.63) is 207 Å². The van der Waals surface area contributed by atoms with E-state index >= 15 is 0 Å². The molecule has 0 heterocycles. The topological polar surface area (TPSA) is 455 Å². The number of amides is 5. The summed E-state index contributed by atoms with van der Waals surface area (Å²) in [6.07, 6.45) is -9.76. The largest absolute Gasteiger partial charge is 0.480 e. The third-order valence-corrected chi connectivity index (χ3v) is 18.8. The van der Waals surface area contributed by atoms with E-state index in [0.29, 0.717) is 35.4 Å². The van der Waals surface area contributed by atoms with Crippen molar-refractivity contribution in [3.63, 3.8) is 0 Å². The van der Waals surface area contributed by atoms with Gasteiger partial charge < -0.3 is 95.4 Å². The molecule has 0 aromatic heterocycles. The lowest BCUT2D eigenvalue weighted by atomic mass is 9.83. The van der Waals surface area contributed by atoms with Crippen LogP contribution in [0.2, 0.25) is 0 Å². The number of fused-ring (bicyclic) bond motifs is 6. The number of ether oxygens (including phenoxy) is 9. The van der Waals surface area contributed by atoms with Gasteiger partial charge in [-0.05, 0) is 76.6 Å². The normalized spacial score (nSPS) is 11.8. The van der Waals surface area contributed by atoms with Gasteiger partial charge in [-0.25, -0.2) is 73.1 Å². The molecule has 0 saturated heterocycles. The summed E-state index contributed by atoms with van der Waals surface area (Å²) >= 11 is 0. The van der Waals surface area contributed by atoms with E-state index in [1.165, 1.54) is 0 Å². The number of hydrogen-bond donors (Lipinski definition) is 10. The Bertz CT molecular complexity index is 4890. The molecule has 0 bridgehead atoms. The molecule has 7 aromatic carbocycles. The Labute approximate surface area is 713 Å². The Balaban J connectivity index is 0.000000327. The number of hydrogen-bond acceptors (Lipinski definition) is 22. The number of halogens is 15. The standard InChI is InChI=1S/C41H20F15NO8.C37H48N4O14.C4H9NO3/c42-21-24(45)30(51)36(31(52)25(21)46)63-19(58)9-11-41(39(60)65-38-34(55)28(49)23(44)29(50)35(38)56,12-10-20(59)64-37-32(53)26(47)22(43)27(48)33(37)54)57-40(61)62-13-18-16-7-3-1-5-14(16)15-6-2-4-8-17(15)18;42-30(38-15-18-52-22-33(45)46)9-12-37(13-10-31(43)39-16-19-53-23-34(47)48,14-11-32(44)40-17-20-54-24-35(49)50)41-36(51)55-21-29-27-7-3-1-5-25(27)26-6-2-4-8-28(26)29;5-1-2-8-3-4(6)7/h1-8,18H,9-13H2,(H,57,61);1-8,29H,9-24H2,(H,38,42)(H,39,43)(H,40,44)(H,41,51)(H,45,46)(H,47,48)(H,49,50);1-3,5H2,(H,6,7). The zero-order valence-electron chi connectivity index (χ0n) is 66.5. The van der Waals surface area contributed by atoms with Crippen LogP contribution in [0.15, 0.2) is 97.1 Å². The molecule has 0 atom stereocenters. The molecule has 0 unspecified atom stereocenters. The fraction of sp³-hybridized carbons (Fsp3) is 0.341. The van der Waals surface area contributed by atoms with Crippen molar-refractivity contribution >= 4 is 71.7 Å². The van der Waals surface area contributed by atoms with E-state index in [9.17, 15) is 123 Å². The fourth-order valence-electron chi connectivity index (χ4n) is 12.8. The molecule has 31 nitrogen and oxygen atoms in total. The van der Waals surface area contributed by atoms with Crippen LogP contribution >= 0.6 is 0 Å². The van der Waals surface area contributed by atoms with Crippen molar-refractivity contribution in [2.45, 2.75) is 87.1 Å². The van der Waals surface area contributed by atoms with Gasteiger partial charge in [0.25, 0.3) is 0 Å². The number of rotatable bonds is 44. The minimum Gasteiger partial charge on any atom is -0.480 e. The third kappa shape index (κ3) is 28.0. The number of benzene rings is 7. The number of esters is 3. The number of carbonyl (C=O) groups is 12. The predicted molar refractivity (Wildman–Crippen MR) is 406 cm³/mol. The highest BCUT2D eigenvalue weighted by Crippen LogP contribution is 2.47. The van der Waals surface area contributed by atoms with Gasteiger partial charge in [-0.2, -0.15) is 26.3 Å². The summed E-state index contributed by atoms with van der Waals surface area (Å²) in [5.41, 5.74) is 6.71. The van der Waals surface area contributed by atoms with Crippen molar-refractivity contribution in [2.75, 3.05) is 92.2 Å². The van der Waals surface area contributed by atoms with Gasteiger partial charge in [0.2, 0.25) is 122 Å². The molecule has 0 aliphatic heterocycles. The number of alkyl carbamates (subject to hydrolysis) is 2. The molecular formula is C82H77F15N6O25. The first kappa shape index (κ1) is 102. The lowest BCUT2D eigenvalue weighted by Gasteiger charge is -2.35. The minimum atomic E-state index is -3.42. The highest BCUT2D eigenvalue weighted by atomic mass is 19.2. The van der Waals surface area contributed by atoms with Gasteiger partial charge in [0.15, 0.2) is 0 Å². The maximum absolute atomic E-state index is 14.8. The first-order valence-corrected chi connectivity index (χ1v) is 37.9.